The molecule has 1 saturated carbocycles. The highest BCUT2D eigenvalue weighted by atomic mass is 19.1. The molecule has 0 spiro atoms. The van der Waals surface area contributed by atoms with Crippen molar-refractivity contribution in [2.75, 3.05) is 18.5 Å². The van der Waals surface area contributed by atoms with Gasteiger partial charge in [-0.3, -0.25) is 0 Å². The van der Waals surface area contributed by atoms with E-state index in [-0.39, 0.29) is 17.2 Å². The Morgan fingerprint density at radius 3 is 2.67 bits per heavy atom. The average Bonchev–Trinajstić information content (AvgIpc) is 3.41. The number of aromatic nitrogens is 4. The molecule has 3 heterocycles. The number of alkyl halides is 1. The number of phenols is 1. The molecule has 7 nitrogen and oxygen atoms in total. The van der Waals surface area contributed by atoms with Gasteiger partial charge >= 0.3 is 0 Å². The minimum atomic E-state index is -0.985. The second-order valence-electron chi connectivity index (χ2n) is 8.99. The number of fused-ring (bicyclic) bond motifs is 2. The van der Waals surface area contributed by atoms with Crippen molar-refractivity contribution in [3.8, 4) is 22.7 Å². The highest BCUT2D eigenvalue weighted by Crippen LogP contribution is 2.52. The van der Waals surface area contributed by atoms with Crippen LogP contribution in [0.2, 0.25) is 0 Å². The van der Waals surface area contributed by atoms with Crippen molar-refractivity contribution in [1.82, 2.24) is 25.3 Å². The van der Waals surface area contributed by atoms with Crippen molar-refractivity contribution in [1.29, 1.82) is 0 Å². The molecule has 2 fully saturated rings. The summed E-state index contributed by atoms with van der Waals surface area (Å²) >= 11 is 0. The first-order valence-corrected chi connectivity index (χ1v) is 10.1. The maximum atomic E-state index is 15.2. The number of piperidine rings is 1. The number of phenolic OH excluding ortho intramolecular Hbond substituents is 1. The van der Waals surface area contributed by atoms with Gasteiger partial charge in [-0.05, 0) is 43.7 Å². The van der Waals surface area contributed by atoms with Crippen LogP contribution in [0.25, 0.3) is 16.9 Å². The van der Waals surface area contributed by atoms with E-state index in [0.29, 0.717) is 17.1 Å². The summed E-state index contributed by atoms with van der Waals surface area (Å²) in [6, 6.07) is 10.5. The molecule has 2 aromatic heterocycles. The molecule has 8 heteroatoms. The van der Waals surface area contributed by atoms with Crippen molar-refractivity contribution in [3.05, 3.63) is 48.8 Å². The molecule has 30 heavy (non-hydrogen) atoms. The van der Waals surface area contributed by atoms with Gasteiger partial charge in [-0.15, -0.1) is 10.2 Å². The maximum Gasteiger partial charge on any atom is 0.151 e. The van der Waals surface area contributed by atoms with E-state index in [2.05, 4.69) is 27.5 Å². The fourth-order valence-corrected chi connectivity index (χ4v) is 5.24. The standard InChI is InChI=1S/C22H25FN6O/c1-21-12-22(2,24-13-21)19(23)20(21)28(3)18-8-7-16(26-27-18)15-6-5-14(11-17(15)30)29-10-4-9-25-29/h4-11,19-20,24,30H,12-13H2,1-3H3/t19-,20+,21-,22-/m0/s1. The summed E-state index contributed by atoms with van der Waals surface area (Å²) in [6.45, 7) is 4.88. The van der Waals surface area contributed by atoms with Crippen LogP contribution >= 0.6 is 0 Å². The Kier molecular flexibility index (Phi) is 4.12. The third kappa shape index (κ3) is 2.78. The lowest BCUT2D eigenvalue weighted by molar-refractivity contribution is 0.140. The lowest BCUT2D eigenvalue weighted by Gasteiger charge is -2.42. The Labute approximate surface area is 174 Å². The van der Waals surface area contributed by atoms with Crippen LogP contribution in [0.1, 0.15) is 20.3 Å². The number of hydrogen-bond donors (Lipinski definition) is 2. The van der Waals surface area contributed by atoms with E-state index in [9.17, 15) is 5.11 Å². The second kappa shape index (κ2) is 6.50. The Bertz CT molecular complexity index is 1070. The van der Waals surface area contributed by atoms with Crippen LogP contribution in [0.4, 0.5) is 10.2 Å². The molecule has 2 aliphatic rings. The number of benzene rings is 1. The zero-order chi connectivity index (χ0) is 21.1. The van der Waals surface area contributed by atoms with Gasteiger partial charge in [-0.25, -0.2) is 9.07 Å². The van der Waals surface area contributed by atoms with Crippen LogP contribution < -0.4 is 10.2 Å². The highest BCUT2D eigenvalue weighted by molar-refractivity contribution is 5.69. The summed E-state index contributed by atoms with van der Waals surface area (Å²) in [7, 11) is 1.88. The summed E-state index contributed by atoms with van der Waals surface area (Å²) < 4.78 is 16.9. The fraction of sp³-hybridized carbons (Fsp3) is 0.409. The smallest absolute Gasteiger partial charge is 0.151 e. The van der Waals surface area contributed by atoms with Gasteiger partial charge in [0.1, 0.15) is 11.9 Å². The summed E-state index contributed by atoms with van der Waals surface area (Å²) in [5, 5.41) is 26.6. The van der Waals surface area contributed by atoms with Crippen LogP contribution in [-0.2, 0) is 0 Å². The van der Waals surface area contributed by atoms with E-state index >= 15 is 4.39 Å². The average molecular weight is 408 g/mol. The quantitative estimate of drug-likeness (QED) is 0.691. The van der Waals surface area contributed by atoms with Crippen molar-refractivity contribution in [3.63, 3.8) is 0 Å². The molecule has 4 atom stereocenters. The number of nitrogens with one attached hydrogen (secondary N) is 1. The minimum Gasteiger partial charge on any atom is -0.507 e. The zero-order valence-corrected chi connectivity index (χ0v) is 17.2. The zero-order valence-electron chi connectivity index (χ0n) is 17.2. The predicted molar refractivity (Wildman–Crippen MR) is 112 cm³/mol. The topological polar surface area (TPSA) is 79.1 Å². The maximum absolute atomic E-state index is 15.2. The molecule has 156 valence electrons. The molecule has 0 radical (unpaired) electrons. The van der Waals surface area contributed by atoms with Gasteiger partial charge in [0.25, 0.3) is 0 Å². The lowest BCUT2D eigenvalue weighted by atomic mass is 9.84. The fourth-order valence-electron chi connectivity index (χ4n) is 5.24. The third-order valence-electron chi connectivity index (χ3n) is 6.72. The number of nitrogens with zero attached hydrogens (tertiary/aromatic N) is 5. The van der Waals surface area contributed by atoms with Crippen molar-refractivity contribution in [2.45, 2.75) is 38.0 Å². The molecule has 3 aromatic rings. The Balaban J connectivity index is 1.40. The molecule has 2 N–H and O–H groups in total. The first kappa shape index (κ1) is 19.0. The molecular formula is C22H25FN6O. The van der Waals surface area contributed by atoms with Gasteiger partial charge in [0.05, 0.1) is 17.4 Å². The number of aromatic hydroxyl groups is 1. The molecule has 0 amide bonds. The Morgan fingerprint density at radius 2 is 2.07 bits per heavy atom. The lowest BCUT2D eigenvalue weighted by Crippen LogP contribution is -2.59. The summed E-state index contributed by atoms with van der Waals surface area (Å²) in [5.41, 5.74) is 1.26. The van der Waals surface area contributed by atoms with Gasteiger partial charge in [0, 0.05) is 48.6 Å². The van der Waals surface area contributed by atoms with Crippen molar-refractivity contribution in [2.24, 2.45) is 5.41 Å². The van der Waals surface area contributed by atoms with Gasteiger partial charge in [-0.1, -0.05) is 6.92 Å². The van der Waals surface area contributed by atoms with E-state index in [1.54, 1.807) is 23.0 Å². The molecule has 1 aliphatic heterocycles. The Hall–Kier alpha value is -3.00. The predicted octanol–water partition coefficient (Wildman–Crippen LogP) is 2.95. The van der Waals surface area contributed by atoms with Crippen LogP contribution in [0.3, 0.4) is 0 Å². The number of hydrogen-bond acceptors (Lipinski definition) is 6. The monoisotopic (exact) mass is 408 g/mol. The van der Waals surface area contributed by atoms with Crippen LogP contribution in [0, 0.1) is 5.41 Å². The summed E-state index contributed by atoms with van der Waals surface area (Å²) in [6.07, 6.45) is 3.31. The van der Waals surface area contributed by atoms with Crippen LogP contribution in [-0.4, -0.2) is 56.4 Å². The van der Waals surface area contributed by atoms with E-state index in [4.69, 9.17) is 0 Å². The molecule has 5 rings (SSSR count). The Morgan fingerprint density at radius 1 is 1.23 bits per heavy atom. The first-order valence-electron chi connectivity index (χ1n) is 10.1. The molecule has 1 saturated heterocycles. The molecular weight excluding hydrogens is 383 g/mol. The van der Waals surface area contributed by atoms with Gasteiger partial charge < -0.3 is 15.3 Å². The van der Waals surface area contributed by atoms with Gasteiger partial charge in [0.15, 0.2) is 5.82 Å². The van der Waals surface area contributed by atoms with Crippen LogP contribution in [0.5, 0.6) is 5.75 Å². The first-order chi connectivity index (χ1) is 14.3. The van der Waals surface area contributed by atoms with E-state index in [0.717, 1.165) is 18.7 Å². The number of rotatable bonds is 4. The number of anilines is 1. The van der Waals surface area contributed by atoms with E-state index < -0.39 is 11.7 Å². The normalized spacial score (nSPS) is 30.0. The van der Waals surface area contributed by atoms with E-state index in [1.165, 1.54) is 0 Å². The number of halogens is 1. The second-order valence-corrected chi connectivity index (χ2v) is 8.99. The third-order valence-corrected chi connectivity index (χ3v) is 6.72. The van der Waals surface area contributed by atoms with Crippen molar-refractivity contribution >= 4 is 5.82 Å². The summed E-state index contributed by atoms with van der Waals surface area (Å²) in [4.78, 5) is 1.91. The van der Waals surface area contributed by atoms with Crippen molar-refractivity contribution < 1.29 is 9.50 Å². The van der Waals surface area contributed by atoms with Gasteiger partial charge in [0.2, 0.25) is 0 Å². The summed E-state index contributed by atoms with van der Waals surface area (Å²) in [5.74, 6) is 0.721. The minimum absolute atomic E-state index is 0.0989. The molecule has 0 unspecified atom stereocenters. The molecule has 1 aliphatic carbocycles. The SMILES string of the molecule is CN(c1ccc(-c2ccc(-n3cccn3)cc2O)nn1)[C@@H]1[C@H](F)[C@]2(C)C[C@@]1(C)CN2. The van der Waals surface area contributed by atoms with Gasteiger partial charge in [-0.2, -0.15) is 5.10 Å². The van der Waals surface area contributed by atoms with Crippen LogP contribution in [0.15, 0.2) is 48.8 Å². The largest absolute Gasteiger partial charge is 0.507 e. The molecule has 2 bridgehead atoms. The van der Waals surface area contributed by atoms with E-state index in [1.807, 2.05) is 49.3 Å². The highest BCUT2D eigenvalue weighted by Gasteiger charge is 2.63. The molecule has 1 aromatic carbocycles.